The zero-order chi connectivity index (χ0) is 20.4. The largest absolute Gasteiger partial charge is 0.506 e. The topological polar surface area (TPSA) is 91.3 Å². The first-order valence-corrected chi connectivity index (χ1v) is 9.69. The van der Waals surface area contributed by atoms with E-state index in [-0.39, 0.29) is 11.4 Å². The minimum atomic E-state index is -0.864. The minimum absolute atomic E-state index is 0.107. The second-order valence-electron chi connectivity index (χ2n) is 6.49. The highest BCUT2D eigenvalue weighted by Crippen LogP contribution is 2.31. The van der Waals surface area contributed by atoms with Crippen LogP contribution in [0.2, 0.25) is 0 Å². The van der Waals surface area contributed by atoms with Crippen LogP contribution in [0, 0.1) is 6.92 Å². The van der Waals surface area contributed by atoms with Crippen LogP contribution in [-0.4, -0.2) is 21.9 Å². The molecule has 0 aliphatic carbocycles. The number of nitrogens with zero attached hydrogens (tertiary/aromatic N) is 1. The molecule has 4 rings (SSSR count). The third-order valence-electron chi connectivity index (χ3n) is 4.29. The van der Waals surface area contributed by atoms with Crippen LogP contribution < -0.4 is 10.6 Å². The summed E-state index contributed by atoms with van der Waals surface area (Å²) in [5.74, 6) is -1.79. The van der Waals surface area contributed by atoms with Crippen molar-refractivity contribution in [2.45, 2.75) is 6.92 Å². The number of nitrogens with one attached hydrogen (secondary N) is 2. The van der Waals surface area contributed by atoms with Crippen molar-refractivity contribution in [3.63, 3.8) is 0 Å². The van der Waals surface area contributed by atoms with Crippen LogP contribution in [0.4, 0.5) is 11.4 Å². The summed E-state index contributed by atoms with van der Waals surface area (Å²) in [6.45, 7) is 2.05. The van der Waals surface area contributed by atoms with Crippen molar-refractivity contribution in [1.82, 2.24) is 4.98 Å². The van der Waals surface area contributed by atoms with Crippen molar-refractivity contribution in [2.24, 2.45) is 0 Å². The van der Waals surface area contributed by atoms with E-state index in [1.54, 1.807) is 35.6 Å². The number of amides is 2. The Morgan fingerprint density at radius 1 is 0.931 bits per heavy atom. The molecule has 0 saturated carbocycles. The maximum atomic E-state index is 12.1. The van der Waals surface area contributed by atoms with E-state index in [0.29, 0.717) is 5.69 Å². The Labute approximate surface area is 170 Å². The van der Waals surface area contributed by atoms with Crippen molar-refractivity contribution in [3.05, 3.63) is 72.3 Å². The van der Waals surface area contributed by atoms with Gasteiger partial charge in [0.05, 0.1) is 15.9 Å². The van der Waals surface area contributed by atoms with Crippen molar-refractivity contribution in [1.29, 1.82) is 0 Å². The zero-order valence-electron chi connectivity index (χ0n) is 15.5. The number of para-hydroxylation sites is 2. The molecule has 3 N–H and O–H groups in total. The quantitative estimate of drug-likeness (QED) is 0.346. The second kappa shape index (κ2) is 7.73. The molecule has 3 aromatic carbocycles. The highest BCUT2D eigenvalue weighted by atomic mass is 32.1. The molecular weight excluding hydrogens is 386 g/mol. The lowest BCUT2D eigenvalue weighted by Crippen LogP contribution is -2.29. The molecular formula is C22H17N3O3S. The number of aryl methyl sites for hydroxylation is 1. The van der Waals surface area contributed by atoms with Gasteiger partial charge in [0.15, 0.2) is 0 Å². The first-order chi connectivity index (χ1) is 14.0. The molecule has 0 unspecified atom stereocenters. The Morgan fingerprint density at radius 2 is 1.66 bits per heavy atom. The van der Waals surface area contributed by atoms with E-state index in [4.69, 9.17) is 0 Å². The summed E-state index contributed by atoms with van der Waals surface area (Å²) in [4.78, 5) is 28.8. The normalized spacial score (nSPS) is 10.7. The Morgan fingerprint density at radius 3 is 2.41 bits per heavy atom. The van der Waals surface area contributed by atoms with E-state index in [1.807, 2.05) is 31.2 Å². The SMILES string of the molecule is Cc1ccc2nc(-c3ccc(NC(=O)C(=O)Nc4ccccc4O)cc3)sc2c1. The molecule has 144 valence electrons. The van der Waals surface area contributed by atoms with Gasteiger partial charge in [-0.05, 0) is 61.0 Å². The summed E-state index contributed by atoms with van der Waals surface area (Å²) >= 11 is 1.61. The number of hydrogen-bond donors (Lipinski definition) is 3. The van der Waals surface area contributed by atoms with E-state index in [2.05, 4.69) is 21.7 Å². The zero-order valence-corrected chi connectivity index (χ0v) is 16.3. The van der Waals surface area contributed by atoms with Gasteiger partial charge in [0.1, 0.15) is 10.8 Å². The second-order valence-corrected chi connectivity index (χ2v) is 7.52. The molecule has 0 aliphatic rings. The molecule has 29 heavy (non-hydrogen) atoms. The molecule has 0 fully saturated rings. The number of thiazole rings is 1. The molecule has 0 bridgehead atoms. The van der Waals surface area contributed by atoms with Crippen LogP contribution in [-0.2, 0) is 9.59 Å². The number of fused-ring (bicyclic) bond motifs is 1. The third kappa shape index (κ3) is 4.09. The Balaban J connectivity index is 1.45. The fourth-order valence-electron chi connectivity index (χ4n) is 2.80. The number of rotatable bonds is 3. The Kier molecular flexibility index (Phi) is 4.97. The molecule has 0 atom stereocenters. The van der Waals surface area contributed by atoms with Gasteiger partial charge in [0, 0.05) is 11.3 Å². The first kappa shape index (κ1) is 18.6. The molecule has 6 nitrogen and oxygen atoms in total. The van der Waals surface area contributed by atoms with Crippen molar-refractivity contribution in [3.8, 4) is 16.3 Å². The number of phenolic OH excluding ortho intramolecular Hbond substituents is 1. The van der Waals surface area contributed by atoms with E-state index in [1.165, 1.54) is 17.7 Å². The average molecular weight is 403 g/mol. The Hall–Kier alpha value is -3.71. The smallest absolute Gasteiger partial charge is 0.314 e. The fourth-order valence-corrected chi connectivity index (χ4v) is 3.87. The molecule has 0 radical (unpaired) electrons. The van der Waals surface area contributed by atoms with Gasteiger partial charge < -0.3 is 15.7 Å². The number of benzene rings is 3. The minimum Gasteiger partial charge on any atom is -0.506 e. The number of carbonyl (C=O) groups is 2. The van der Waals surface area contributed by atoms with Gasteiger partial charge in [-0.1, -0.05) is 18.2 Å². The van der Waals surface area contributed by atoms with Crippen LogP contribution in [0.1, 0.15) is 5.56 Å². The Bertz CT molecular complexity index is 1220. The molecule has 0 spiro atoms. The number of hydrogen-bond acceptors (Lipinski definition) is 5. The predicted molar refractivity (Wildman–Crippen MR) is 115 cm³/mol. The molecule has 2 amide bonds. The summed E-state index contributed by atoms with van der Waals surface area (Å²) in [5, 5.41) is 15.5. The number of carbonyl (C=O) groups excluding carboxylic acids is 2. The van der Waals surface area contributed by atoms with Gasteiger partial charge in [-0.25, -0.2) is 4.98 Å². The number of aromatic nitrogens is 1. The van der Waals surface area contributed by atoms with Crippen LogP contribution in [0.5, 0.6) is 5.75 Å². The molecule has 1 aromatic heterocycles. The lowest BCUT2D eigenvalue weighted by Gasteiger charge is -2.08. The van der Waals surface area contributed by atoms with E-state index < -0.39 is 11.8 Å². The van der Waals surface area contributed by atoms with Crippen molar-refractivity contribution < 1.29 is 14.7 Å². The van der Waals surface area contributed by atoms with Crippen LogP contribution in [0.25, 0.3) is 20.8 Å². The lowest BCUT2D eigenvalue weighted by atomic mass is 10.2. The van der Waals surface area contributed by atoms with Crippen LogP contribution >= 0.6 is 11.3 Å². The average Bonchev–Trinajstić information content (AvgIpc) is 3.13. The molecule has 1 heterocycles. The van der Waals surface area contributed by atoms with Crippen molar-refractivity contribution in [2.75, 3.05) is 10.6 Å². The summed E-state index contributed by atoms with van der Waals surface area (Å²) in [7, 11) is 0. The van der Waals surface area contributed by atoms with Crippen LogP contribution in [0.3, 0.4) is 0 Å². The fraction of sp³-hybridized carbons (Fsp3) is 0.0455. The van der Waals surface area contributed by atoms with Gasteiger partial charge in [0.25, 0.3) is 0 Å². The summed E-state index contributed by atoms with van der Waals surface area (Å²) in [6, 6.07) is 19.5. The number of phenols is 1. The molecule has 0 saturated heterocycles. The maximum Gasteiger partial charge on any atom is 0.314 e. The van der Waals surface area contributed by atoms with Crippen LogP contribution in [0.15, 0.2) is 66.7 Å². The van der Waals surface area contributed by atoms with E-state index >= 15 is 0 Å². The van der Waals surface area contributed by atoms with Crippen molar-refractivity contribution >= 4 is 44.7 Å². The standard InChI is InChI=1S/C22H17N3O3S/c1-13-6-11-17-19(12-13)29-22(25-17)14-7-9-15(10-8-14)23-20(27)21(28)24-16-4-2-3-5-18(16)26/h2-12,26H,1H3,(H,23,27)(H,24,28). The number of aromatic hydroxyl groups is 1. The van der Waals surface area contributed by atoms with E-state index in [9.17, 15) is 14.7 Å². The highest BCUT2D eigenvalue weighted by molar-refractivity contribution is 7.21. The summed E-state index contributed by atoms with van der Waals surface area (Å²) in [6.07, 6.45) is 0. The molecule has 4 aromatic rings. The first-order valence-electron chi connectivity index (χ1n) is 8.87. The monoisotopic (exact) mass is 403 g/mol. The highest BCUT2D eigenvalue weighted by Gasteiger charge is 2.15. The van der Waals surface area contributed by atoms with E-state index in [0.717, 1.165) is 20.8 Å². The predicted octanol–water partition coefficient (Wildman–Crippen LogP) is 4.55. The van der Waals surface area contributed by atoms with Gasteiger partial charge in [-0.2, -0.15) is 0 Å². The molecule has 7 heteroatoms. The molecule has 0 aliphatic heterocycles. The van der Waals surface area contributed by atoms with Gasteiger partial charge in [-0.3, -0.25) is 9.59 Å². The van der Waals surface area contributed by atoms with Gasteiger partial charge in [-0.15, -0.1) is 11.3 Å². The third-order valence-corrected chi connectivity index (χ3v) is 5.36. The summed E-state index contributed by atoms with van der Waals surface area (Å²) < 4.78 is 1.12. The van der Waals surface area contributed by atoms with Gasteiger partial charge >= 0.3 is 11.8 Å². The maximum absolute atomic E-state index is 12.1. The summed E-state index contributed by atoms with van der Waals surface area (Å²) in [5.41, 5.74) is 3.74. The number of anilines is 2. The van der Waals surface area contributed by atoms with Gasteiger partial charge in [0.2, 0.25) is 0 Å². The lowest BCUT2D eigenvalue weighted by molar-refractivity contribution is -0.133.